The number of carboxylic acids is 1. The lowest BCUT2D eigenvalue weighted by atomic mass is 10.1. The normalized spacial score (nSPS) is 14.0. The summed E-state index contributed by atoms with van der Waals surface area (Å²) in [6.07, 6.45) is 0.876. The van der Waals surface area contributed by atoms with E-state index in [4.69, 9.17) is 4.74 Å². The summed E-state index contributed by atoms with van der Waals surface area (Å²) in [5.41, 5.74) is 1.14. The van der Waals surface area contributed by atoms with Crippen molar-refractivity contribution in [1.29, 1.82) is 0 Å². The van der Waals surface area contributed by atoms with Gasteiger partial charge in [0, 0.05) is 30.0 Å². The Kier molecular flexibility index (Phi) is 11.2. The fraction of sp³-hybridized carbons (Fsp3) is 0.560. The molecule has 0 fully saturated rings. The van der Waals surface area contributed by atoms with Crippen LogP contribution in [-0.2, 0) is 9.59 Å². The number of aromatic nitrogens is 1. The molecule has 2 rings (SSSR count). The van der Waals surface area contributed by atoms with Crippen LogP contribution in [0.5, 0.6) is 5.75 Å². The Bertz CT molecular complexity index is 989. The van der Waals surface area contributed by atoms with E-state index in [1.807, 2.05) is 26.0 Å². The van der Waals surface area contributed by atoms with E-state index in [0.29, 0.717) is 43.8 Å². The minimum Gasteiger partial charge on any atom is -0.490 e. The quantitative estimate of drug-likeness (QED) is 0.195. The summed E-state index contributed by atoms with van der Waals surface area (Å²) < 4.78 is 5.79. The number of ketones is 1. The highest BCUT2D eigenvalue weighted by atomic mass is 16.5. The summed E-state index contributed by atoms with van der Waals surface area (Å²) in [7, 11) is 0. The number of Topliss-reactive ketones (excluding diaryl/α,β-unsaturated/α-hetero) is 1. The molecule has 1 amide bonds. The molecule has 1 aromatic carbocycles. The summed E-state index contributed by atoms with van der Waals surface area (Å²) in [4.78, 5) is 38.4. The second-order valence-corrected chi connectivity index (χ2v) is 9.07. The molecule has 35 heavy (non-hydrogen) atoms. The number of aliphatic hydroxyl groups excluding tert-OH is 1. The molecule has 0 saturated carbocycles. The number of aliphatic carboxylic acids is 1. The molecule has 0 bridgehead atoms. The highest BCUT2D eigenvalue weighted by Crippen LogP contribution is 2.26. The molecule has 0 aliphatic carbocycles. The van der Waals surface area contributed by atoms with Gasteiger partial charge in [0.15, 0.2) is 0 Å². The number of nitrogens with one attached hydrogen (secondary N) is 4. The Hall–Kier alpha value is -2.95. The number of hydrogen-bond acceptors (Lipinski definition) is 7. The van der Waals surface area contributed by atoms with E-state index in [9.17, 15) is 24.6 Å². The Morgan fingerprint density at radius 2 is 1.89 bits per heavy atom. The fourth-order valence-electron chi connectivity index (χ4n) is 3.46. The lowest BCUT2D eigenvalue weighted by Gasteiger charge is -2.18. The molecule has 10 heteroatoms. The molecule has 1 heterocycles. The number of amides is 1. The van der Waals surface area contributed by atoms with Crippen LogP contribution in [0.15, 0.2) is 24.3 Å². The van der Waals surface area contributed by atoms with E-state index >= 15 is 0 Å². The number of unbranched alkanes of at least 4 members (excludes halogenated alkanes) is 1. The molecule has 0 aliphatic rings. The van der Waals surface area contributed by atoms with Gasteiger partial charge in [0.25, 0.3) is 5.91 Å². The van der Waals surface area contributed by atoms with Crippen LogP contribution in [0, 0.1) is 0 Å². The highest BCUT2D eigenvalue weighted by molar-refractivity contribution is 5.99. The Labute approximate surface area is 205 Å². The molecule has 1 aromatic heterocycles. The van der Waals surface area contributed by atoms with Crippen LogP contribution < -0.4 is 20.7 Å². The lowest BCUT2D eigenvalue weighted by molar-refractivity contribution is -0.140. The predicted molar refractivity (Wildman–Crippen MR) is 134 cm³/mol. The average Bonchev–Trinajstić information content (AvgIpc) is 3.25. The molecular formula is C25H38N4O6. The number of benzene rings is 1. The number of carbonyl (C=O) groups excluding carboxylic acids is 2. The third kappa shape index (κ3) is 9.31. The van der Waals surface area contributed by atoms with Gasteiger partial charge in [-0.2, -0.15) is 0 Å². The van der Waals surface area contributed by atoms with Crippen LogP contribution >= 0.6 is 0 Å². The standard InChI is InChI=1S/C25H38N4O6/c1-15(2)27-13-18(31)14-35-23-10-7-9-20-19(23)12-22(29-20)24(32)26-11-6-5-8-21(25(33)34)28-16(3)17(4)30/h7,9-10,12,15-16,18,21,27-29,31H,5-6,8,11,13-14H2,1-4H3,(H,26,32)(H,33,34). The zero-order valence-electron chi connectivity index (χ0n) is 20.9. The molecule has 0 spiro atoms. The van der Waals surface area contributed by atoms with Gasteiger partial charge < -0.3 is 30.6 Å². The molecule has 3 unspecified atom stereocenters. The number of fused-ring (bicyclic) bond motifs is 1. The fourth-order valence-corrected chi connectivity index (χ4v) is 3.46. The van der Waals surface area contributed by atoms with Gasteiger partial charge in [-0.05, 0) is 51.3 Å². The van der Waals surface area contributed by atoms with Crippen LogP contribution in [-0.4, -0.2) is 76.8 Å². The van der Waals surface area contributed by atoms with E-state index in [-0.39, 0.29) is 24.3 Å². The summed E-state index contributed by atoms with van der Waals surface area (Å²) in [5.74, 6) is -0.809. The minimum absolute atomic E-state index is 0.116. The maximum absolute atomic E-state index is 12.6. The zero-order chi connectivity index (χ0) is 26.0. The lowest BCUT2D eigenvalue weighted by Crippen LogP contribution is -2.45. The summed E-state index contributed by atoms with van der Waals surface area (Å²) >= 11 is 0. The molecule has 0 saturated heterocycles. The molecule has 194 valence electrons. The summed E-state index contributed by atoms with van der Waals surface area (Å²) in [5, 5.41) is 29.0. The molecule has 3 atom stereocenters. The van der Waals surface area contributed by atoms with Gasteiger partial charge in [0.1, 0.15) is 36.0 Å². The van der Waals surface area contributed by atoms with Gasteiger partial charge in [0.05, 0.1) is 6.04 Å². The van der Waals surface area contributed by atoms with Crippen molar-refractivity contribution in [2.24, 2.45) is 0 Å². The van der Waals surface area contributed by atoms with Crippen LogP contribution in [0.1, 0.15) is 57.4 Å². The van der Waals surface area contributed by atoms with Gasteiger partial charge in [-0.1, -0.05) is 19.9 Å². The second kappa shape index (κ2) is 13.8. The topological polar surface area (TPSA) is 153 Å². The Morgan fingerprint density at radius 1 is 1.14 bits per heavy atom. The summed E-state index contributed by atoms with van der Waals surface area (Å²) in [6.45, 7) is 8.00. The SMILES string of the molecule is CC(=O)C(C)NC(CCCCNC(=O)c1cc2c(OCC(O)CNC(C)C)cccc2[nH]1)C(=O)O. The Morgan fingerprint density at radius 3 is 2.54 bits per heavy atom. The third-order valence-corrected chi connectivity index (χ3v) is 5.63. The van der Waals surface area contributed by atoms with Gasteiger partial charge in [-0.15, -0.1) is 0 Å². The number of hydrogen-bond donors (Lipinski definition) is 6. The largest absolute Gasteiger partial charge is 0.490 e. The van der Waals surface area contributed by atoms with E-state index in [1.165, 1.54) is 6.92 Å². The average molecular weight is 491 g/mol. The number of carbonyl (C=O) groups is 3. The van der Waals surface area contributed by atoms with Crippen molar-refractivity contribution in [2.75, 3.05) is 19.7 Å². The number of ether oxygens (including phenoxy) is 1. The second-order valence-electron chi connectivity index (χ2n) is 9.07. The number of rotatable bonds is 16. The monoisotopic (exact) mass is 490 g/mol. The van der Waals surface area contributed by atoms with Crippen molar-refractivity contribution in [1.82, 2.24) is 20.9 Å². The molecule has 0 radical (unpaired) electrons. The van der Waals surface area contributed by atoms with Crippen molar-refractivity contribution in [3.8, 4) is 5.75 Å². The summed E-state index contributed by atoms with van der Waals surface area (Å²) in [6, 6.07) is 6.10. The number of H-pyrrole nitrogens is 1. The molecule has 6 N–H and O–H groups in total. The van der Waals surface area contributed by atoms with Gasteiger partial charge in [-0.3, -0.25) is 19.7 Å². The van der Waals surface area contributed by atoms with Crippen LogP contribution in [0.25, 0.3) is 10.9 Å². The minimum atomic E-state index is -0.998. The molecule has 0 aliphatic heterocycles. The molecule has 2 aromatic rings. The molecule has 10 nitrogen and oxygen atoms in total. The third-order valence-electron chi connectivity index (χ3n) is 5.63. The van der Waals surface area contributed by atoms with E-state index < -0.39 is 24.2 Å². The first-order valence-corrected chi connectivity index (χ1v) is 12.0. The first-order valence-electron chi connectivity index (χ1n) is 12.0. The van der Waals surface area contributed by atoms with Crippen molar-refractivity contribution < 1.29 is 29.3 Å². The first kappa shape index (κ1) is 28.3. The number of aliphatic hydroxyl groups is 1. The maximum atomic E-state index is 12.6. The van der Waals surface area contributed by atoms with E-state index in [2.05, 4.69) is 20.9 Å². The van der Waals surface area contributed by atoms with Gasteiger partial charge in [0.2, 0.25) is 0 Å². The van der Waals surface area contributed by atoms with Crippen LogP contribution in [0.2, 0.25) is 0 Å². The smallest absolute Gasteiger partial charge is 0.320 e. The predicted octanol–water partition coefficient (Wildman–Crippen LogP) is 1.83. The van der Waals surface area contributed by atoms with Crippen molar-refractivity contribution in [3.63, 3.8) is 0 Å². The van der Waals surface area contributed by atoms with Crippen LogP contribution in [0.3, 0.4) is 0 Å². The first-order chi connectivity index (χ1) is 16.6. The number of aromatic amines is 1. The van der Waals surface area contributed by atoms with Crippen LogP contribution in [0.4, 0.5) is 0 Å². The maximum Gasteiger partial charge on any atom is 0.320 e. The highest BCUT2D eigenvalue weighted by Gasteiger charge is 2.21. The van der Waals surface area contributed by atoms with Gasteiger partial charge in [-0.25, -0.2) is 0 Å². The van der Waals surface area contributed by atoms with Crippen molar-refractivity contribution in [3.05, 3.63) is 30.0 Å². The van der Waals surface area contributed by atoms with Crippen molar-refractivity contribution in [2.45, 2.75) is 71.2 Å². The molecular weight excluding hydrogens is 452 g/mol. The Balaban J connectivity index is 1.84. The zero-order valence-corrected chi connectivity index (χ0v) is 20.9. The van der Waals surface area contributed by atoms with Crippen molar-refractivity contribution >= 4 is 28.6 Å². The number of carboxylic acid groups (broad SMARTS) is 1. The van der Waals surface area contributed by atoms with E-state index in [0.717, 1.165) is 10.9 Å². The van der Waals surface area contributed by atoms with Gasteiger partial charge >= 0.3 is 5.97 Å². The van der Waals surface area contributed by atoms with E-state index in [1.54, 1.807) is 19.1 Å².